The molecule has 0 aliphatic carbocycles. The molecule has 0 saturated heterocycles. The molecule has 1 nitrogen and oxygen atoms in total. The van der Waals surface area contributed by atoms with Gasteiger partial charge in [-0.25, -0.2) is 0 Å². The monoisotopic (exact) mass is 420 g/mol. The van der Waals surface area contributed by atoms with Gasteiger partial charge in [0.2, 0.25) is 0 Å². The van der Waals surface area contributed by atoms with Gasteiger partial charge in [-0.05, 0) is 18.5 Å². The van der Waals surface area contributed by atoms with Crippen molar-refractivity contribution in [2.75, 3.05) is 0 Å². The van der Waals surface area contributed by atoms with E-state index in [-0.39, 0.29) is 56.4 Å². The first-order chi connectivity index (χ1) is 8.20. The zero-order valence-corrected chi connectivity index (χ0v) is 18.6. The Bertz CT molecular complexity index is 516. The summed E-state index contributed by atoms with van der Waals surface area (Å²) in [4.78, 5) is 8.16. The van der Waals surface area contributed by atoms with Crippen LogP contribution in [0.4, 0.5) is 0 Å². The molecule has 0 bridgehead atoms. The molecule has 2 radical (unpaired) electrons. The first kappa shape index (κ1) is 26.4. The molecule has 0 saturated carbocycles. The van der Waals surface area contributed by atoms with Gasteiger partial charge in [-0.2, -0.15) is 6.07 Å². The minimum Gasteiger partial charge on any atom is -1.00 e. The average Bonchev–Trinajstić information content (AvgIpc) is 2.53. The van der Waals surface area contributed by atoms with E-state index in [0.717, 1.165) is 0 Å². The molecule has 0 aromatic heterocycles. The Hall–Kier alpha value is 0.470. The van der Waals surface area contributed by atoms with Crippen LogP contribution in [0.1, 0.15) is 31.9 Å². The SMILES string of the molecule is C[Si](C)O.Cc1cc2cc(C(C)(C)C)ccc2[cH-]1.[Cl-].[Cl-].[Zr+3]. The van der Waals surface area contributed by atoms with Gasteiger partial charge in [-0.1, -0.05) is 33.3 Å². The largest absolute Gasteiger partial charge is 3.00 e. The number of hydrogen-bond acceptors (Lipinski definition) is 1. The minimum atomic E-state index is -0.880. The Morgan fingerprint density at radius 1 is 1.05 bits per heavy atom. The standard InChI is InChI=1S/C14H17.C2H7OSi.2ClH.Zr/c1-10-7-11-5-6-13(14(2,3)4)9-12(11)8-10;1-4(2)3;;;/h5-9H,1-4H3;3H,1-2H3;2*1H;/q-1;;;;+3/p-2. The maximum absolute atomic E-state index is 8.16. The fourth-order valence-corrected chi connectivity index (χ4v) is 1.83. The molecule has 0 unspecified atom stereocenters. The van der Waals surface area contributed by atoms with Gasteiger partial charge in [0.05, 0.1) is 0 Å². The van der Waals surface area contributed by atoms with Gasteiger partial charge in [0.15, 0.2) is 9.04 Å². The van der Waals surface area contributed by atoms with Crippen molar-refractivity contribution in [3.8, 4) is 0 Å². The predicted molar refractivity (Wildman–Crippen MR) is 82.7 cm³/mol. The number of hydrogen-bond donors (Lipinski definition) is 1. The molecule has 5 heteroatoms. The van der Waals surface area contributed by atoms with Gasteiger partial charge in [0.1, 0.15) is 0 Å². The first-order valence-corrected chi connectivity index (χ1v) is 8.81. The molecule has 0 fully saturated rings. The van der Waals surface area contributed by atoms with Crippen LogP contribution in [-0.2, 0) is 31.6 Å². The molecule has 1 N–H and O–H groups in total. The van der Waals surface area contributed by atoms with Crippen molar-refractivity contribution in [3.05, 3.63) is 41.5 Å². The zero-order chi connectivity index (χ0) is 13.9. The number of rotatable bonds is 0. The summed E-state index contributed by atoms with van der Waals surface area (Å²) in [5, 5.41) is 2.73. The maximum atomic E-state index is 8.16. The van der Waals surface area contributed by atoms with Gasteiger partial charge in [0.25, 0.3) is 0 Å². The van der Waals surface area contributed by atoms with E-state index in [1.807, 2.05) is 13.1 Å². The summed E-state index contributed by atoms with van der Waals surface area (Å²) in [5.41, 5.74) is 3.01. The van der Waals surface area contributed by atoms with Crippen molar-refractivity contribution in [2.24, 2.45) is 0 Å². The minimum absolute atomic E-state index is 0. The molecule has 2 aromatic carbocycles. The van der Waals surface area contributed by atoms with E-state index >= 15 is 0 Å². The fraction of sp³-hybridized carbons (Fsp3) is 0.438. The van der Waals surface area contributed by atoms with Crippen molar-refractivity contribution in [1.29, 1.82) is 0 Å². The van der Waals surface area contributed by atoms with E-state index < -0.39 is 9.04 Å². The molecule has 0 heterocycles. The van der Waals surface area contributed by atoms with Crippen LogP contribution >= 0.6 is 0 Å². The fourth-order valence-electron chi connectivity index (χ4n) is 1.83. The van der Waals surface area contributed by atoms with Crippen molar-refractivity contribution in [1.82, 2.24) is 0 Å². The number of fused-ring (bicyclic) bond motifs is 1. The van der Waals surface area contributed by atoms with Crippen LogP contribution in [0.2, 0.25) is 13.1 Å². The van der Waals surface area contributed by atoms with Gasteiger partial charge < -0.3 is 29.6 Å². The Labute approximate surface area is 162 Å². The van der Waals surface area contributed by atoms with E-state index in [4.69, 9.17) is 4.80 Å². The summed E-state index contributed by atoms with van der Waals surface area (Å²) < 4.78 is 0. The van der Waals surface area contributed by atoms with E-state index in [9.17, 15) is 0 Å². The molecular formula is C16H24Cl2OSiZr. The molecule has 2 aromatic rings. The normalized spacial score (nSPS) is 9.90. The molecule has 116 valence electrons. The zero-order valence-electron chi connectivity index (χ0n) is 13.6. The summed E-state index contributed by atoms with van der Waals surface area (Å²) in [6.07, 6.45) is 0. The Morgan fingerprint density at radius 2 is 1.52 bits per heavy atom. The second-order valence-corrected chi connectivity index (χ2v) is 7.97. The van der Waals surface area contributed by atoms with Gasteiger partial charge in [-0.3, -0.25) is 0 Å². The first-order valence-electron chi connectivity index (χ1n) is 6.37. The molecule has 21 heavy (non-hydrogen) atoms. The molecule has 0 atom stereocenters. The maximum Gasteiger partial charge on any atom is 3.00 e. The predicted octanol–water partition coefficient (Wildman–Crippen LogP) is -1.60. The van der Waals surface area contributed by atoms with Crippen molar-refractivity contribution in [3.63, 3.8) is 0 Å². The molecular weight excluding hydrogens is 398 g/mol. The van der Waals surface area contributed by atoms with Crippen LogP contribution in [0.15, 0.2) is 30.3 Å². The summed E-state index contributed by atoms with van der Waals surface area (Å²) in [7, 11) is -0.880. The molecule has 0 aliphatic rings. The molecule has 2 rings (SSSR count). The van der Waals surface area contributed by atoms with Crippen LogP contribution in [0.3, 0.4) is 0 Å². The van der Waals surface area contributed by atoms with Crippen LogP contribution in [-0.4, -0.2) is 13.8 Å². The number of aryl methyl sites for hydroxylation is 1. The molecule has 0 amide bonds. The van der Waals surface area contributed by atoms with Gasteiger partial charge >= 0.3 is 26.2 Å². The quantitative estimate of drug-likeness (QED) is 0.401. The van der Waals surface area contributed by atoms with Crippen molar-refractivity contribution >= 4 is 19.8 Å². The van der Waals surface area contributed by atoms with Crippen LogP contribution in [0, 0.1) is 6.92 Å². The summed E-state index contributed by atoms with van der Waals surface area (Å²) >= 11 is 0. The molecule has 0 spiro atoms. The Morgan fingerprint density at radius 3 is 1.95 bits per heavy atom. The summed E-state index contributed by atoms with van der Waals surface area (Å²) in [6, 6.07) is 11.3. The third-order valence-electron chi connectivity index (χ3n) is 2.72. The second kappa shape index (κ2) is 11.1. The Kier molecular flexibility index (Phi) is 13.9. The van der Waals surface area contributed by atoms with E-state index in [1.54, 1.807) is 0 Å². The van der Waals surface area contributed by atoms with Crippen molar-refractivity contribution in [2.45, 2.75) is 46.2 Å². The Balaban J connectivity index is -0.000000417. The topological polar surface area (TPSA) is 20.2 Å². The third kappa shape index (κ3) is 9.25. The third-order valence-corrected chi connectivity index (χ3v) is 2.72. The summed E-state index contributed by atoms with van der Waals surface area (Å²) in [6.45, 7) is 12.6. The van der Waals surface area contributed by atoms with Crippen LogP contribution in [0.25, 0.3) is 10.8 Å². The number of halogens is 2. The van der Waals surface area contributed by atoms with Crippen LogP contribution in [0.5, 0.6) is 0 Å². The summed E-state index contributed by atoms with van der Waals surface area (Å²) in [5.74, 6) is 0. The van der Waals surface area contributed by atoms with Gasteiger partial charge in [0, 0.05) is 0 Å². The van der Waals surface area contributed by atoms with Gasteiger partial charge in [-0.15, -0.1) is 40.6 Å². The number of benzene rings is 1. The average molecular weight is 423 g/mol. The van der Waals surface area contributed by atoms with E-state index in [0.29, 0.717) is 0 Å². The smallest absolute Gasteiger partial charge is 1.00 e. The van der Waals surface area contributed by atoms with Crippen LogP contribution < -0.4 is 24.8 Å². The molecule has 0 aliphatic heterocycles. The van der Waals surface area contributed by atoms with Crippen molar-refractivity contribution < 1.29 is 55.8 Å². The van der Waals surface area contributed by atoms with E-state index in [2.05, 4.69) is 58.0 Å². The van der Waals surface area contributed by atoms with E-state index in [1.165, 1.54) is 21.9 Å². The second-order valence-electron chi connectivity index (χ2n) is 6.07.